The summed E-state index contributed by atoms with van der Waals surface area (Å²) in [7, 11) is 0. The van der Waals surface area contributed by atoms with Gasteiger partial charge in [-0.2, -0.15) is 0 Å². The summed E-state index contributed by atoms with van der Waals surface area (Å²) < 4.78 is 0. The first-order valence-electron chi connectivity index (χ1n) is 6.16. The SMILES string of the molecule is Cc1cnccc1NC(C)c1ccc(CN)cc1. The number of aromatic nitrogens is 1. The van der Waals surface area contributed by atoms with E-state index < -0.39 is 0 Å². The van der Waals surface area contributed by atoms with Crippen molar-refractivity contribution < 1.29 is 0 Å². The predicted molar refractivity (Wildman–Crippen MR) is 75.3 cm³/mol. The lowest BCUT2D eigenvalue weighted by Gasteiger charge is -2.17. The van der Waals surface area contributed by atoms with Crippen molar-refractivity contribution in [3.8, 4) is 0 Å². The van der Waals surface area contributed by atoms with Crippen LogP contribution in [-0.4, -0.2) is 4.98 Å². The van der Waals surface area contributed by atoms with Crippen LogP contribution < -0.4 is 11.1 Å². The Hall–Kier alpha value is -1.87. The highest BCUT2D eigenvalue weighted by Gasteiger charge is 2.06. The van der Waals surface area contributed by atoms with Crippen molar-refractivity contribution in [3.05, 3.63) is 59.4 Å². The van der Waals surface area contributed by atoms with Crippen LogP contribution in [0.15, 0.2) is 42.7 Å². The fourth-order valence-electron chi connectivity index (χ4n) is 1.89. The van der Waals surface area contributed by atoms with Gasteiger partial charge in [0.15, 0.2) is 0 Å². The molecule has 0 aliphatic heterocycles. The number of nitrogens with zero attached hydrogens (tertiary/aromatic N) is 1. The first-order valence-corrected chi connectivity index (χ1v) is 6.16. The number of pyridine rings is 1. The van der Waals surface area contributed by atoms with Crippen molar-refractivity contribution in [3.63, 3.8) is 0 Å². The third kappa shape index (κ3) is 2.87. The van der Waals surface area contributed by atoms with Gasteiger partial charge >= 0.3 is 0 Å². The monoisotopic (exact) mass is 241 g/mol. The maximum atomic E-state index is 5.60. The fraction of sp³-hybridized carbons (Fsp3) is 0.267. The molecule has 1 heterocycles. The molecule has 3 nitrogen and oxygen atoms in total. The molecule has 0 fully saturated rings. The van der Waals surface area contributed by atoms with Crippen molar-refractivity contribution >= 4 is 5.69 Å². The number of hydrogen-bond acceptors (Lipinski definition) is 3. The van der Waals surface area contributed by atoms with Gasteiger partial charge in [-0.25, -0.2) is 0 Å². The smallest absolute Gasteiger partial charge is 0.0485 e. The molecule has 0 bridgehead atoms. The summed E-state index contributed by atoms with van der Waals surface area (Å²) in [4.78, 5) is 4.09. The van der Waals surface area contributed by atoms with Crippen LogP contribution in [0.25, 0.3) is 0 Å². The topological polar surface area (TPSA) is 50.9 Å². The van der Waals surface area contributed by atoms with Gasteiger partial charge in [-0.1, -0.05) is 24.3 Å². The van der Waals surface area contributed by atoms with E-state index in [1.54, 1.807) is 6.20 Å². The summed E-state index contributed by atoms with van der Waals surface area (Å²) in [5, 5.41) is 3.49. The lowest BCUT2D eigenvalue weighted by atomic mass is 10.1. The molecule has 0 saturated heterocycles. The number of nitrogens with two attached hydrogens (primary N) is 1. The molecule has 0 aliphatic carbocycles. The quantitative estimate of drug-likeness (QED) is 0.865. The maximum Gasteiger partial charge on any atom is 0.0485 e. The Morgan fingerprint density at radius 1 is 1.22 bits per heavy atom. The van der Waals surface area contributed by atoms with Gasteiger partial charge in [0.1, 0.15) is 0 Å². The molecule has 1 atom stereocenters. The summed E-state index contributed by atoms with van der Waals surface area (Å²) >= 11 is 0. The van der Waals surface area contributed by atoms with E-state index >= 15 is 0 Å². The Labute approximate surface area is 108 Å². The molecule has 0 spiro atoms. The number of aryl methyl sites for hydroxylation is 1. The van der Waals surface area contributed by atoms with Crippen LogP contribution in [0.2, 0.25) is 0 Å². The third-order valence-electron chi connectivity index (χ3n) is 3.11. The van der Waals surface area contributed by atoms with E-state index in [2.05, 4.69) is 48.4 Å². The fourth-order valence-corrected chi connectivity index (χ4v) is 1.89. The standard InChI is InChI=1S/C15H19N3/c1-11-10-17-8-7-15(11)18-12(2)14-5-3-13(9-16)4-6-14/h3-8,10,12H,9,16H2,1-2H3,(H,17,18). The van der Waals surface area contributed by atoms with Crippen molar-refractivity contribution in [2.75, 3.05) is 5.32 Å². The lowest BCUT2D eigenvalue weighted by molar-refractivity contribution is 0.879. The van der Waals surface area contributed by atoms with Gasteiger partial charge in [-0.05, 0) is 36.6 Å². The first kappa shape index (κ1) is 12.6. The van der Waals surface area contributed by atoms with Crippen molar-refractivity contribution in [1.29, 1.82) is 0 Å². The zero-order valence-corrected chi connectivity index (χ0v) is 10.9. The molecule has 18 heavy (non-hydrogen) atoms. The van der Waals surface area contributed by atoms with Crippen molar-refractivity contribution in [2.24, 2.45) is 5.73 Å². The molecule has 0 amide bonds. The molecular weight excluding hydrogens is 222 g/mol. The van der Waals surface area contributed by atoms with Crippen LogP contribution in [0.4, 0.5) is 5.69 Å². The molecule has 1 aromatic heterocycles. The Morgan fingerprint density at radius 3 is 2.56 bits per heavy atom. The molecule has 0 saturated carbocycles. The van der Waals surface area contributed by atoms with Gasteiger partial charge < -0.3 is 11.1 Å². The van der Waals surface area contributed by atoms with Gasteiger partial charge in [-0.15, -0.1) is 0 Å². The van der Waals surface area contributed by atoms with E-state index in [4.69, 9.17) is 5.73 Å². The van der Waals surface area contributed by atoms with E-state index in [0.29, 0.717) is 6.54 Å². The second kappa shape index (κ2) is 5.65. The molecular formula is C15H19N3. The minimum absolute atomic E-state index is 0.262. The van der Waals surface area contributed by atoms with Crippen LogP contribution in [0.3, 0.4) is 0 Å². The van der Waals surface area contributed by atoms with E-state index in [-0.39, 0.29) is 6.04 Å². The predicted octanol–water partition coefficient (Wildman–Crippen LogP) is 3.02. The van der Waals surface area contributed by atoms with Crippen LogP contribution in [0.1, 0.15) is 29.7 Å². The van der Waals surface area contributed by atoms with Gasteiger partial charge in [0.2, 0.25) is 0 Å². The van der Waals surface area contributed by atoms with Gasteiger partial charge in [0.05, 0.1) is 0 Å². The number of rotatable bonds is 4. The molecule has 0 aliphatic rings. The zero-order chi connectivity index (χ0) is 13.0. The molecule has 2 rings (SSSR count). The average molecular weight is 241 g/mol. The van der Waals surface area contributed by atoms with Crippen LogP contribution in [0.5, 0.6) is 0 Å². The molecule has 1 unspecified atom stereocenters. The Kier molecular flexibility index (Phi) is 3.95. The van der Waals surface area contributed by atoms with Crippen LogP contribution in [-0.2, 0) is 6.54 Å². The average Bonchev–Trinajstić information content (AvgIpc) is 2.41. The molecule has 1 aromatic carbocycles. The minimum Gasteiger partial charge on any atom is -0.378 e. The summed E-state index contributed by atoms with van der Waals surface area (Å²) in [5.41, 5.74) is 10.3. The highest BCUT2D eigenvalue weighted by molar-refractivity contribution is 5.50. The van der Waals surface area contributed by atoms with Crippen molar-refractivity contribution in [2.45, 2.75) is 26.4 Å². The second-order valence-corrected chi connectivity index (χ2v) is 4.50. The van der Waals surface area contributed by atoms with Crippen LogP contribution >= 0.6 is 0 Å². The van der Waals surface area contributed by atoms with Crippen molar-refractivity contribution in [1.82, 2.24) is 4.98 Å². The summed E-state index contributed by atoms with van der Waals surface area (Å²) in [5.74, 6) is 0. The maximum absolute atomic E-state index is 5.60. The first-order chi connectivity index (χ1) is 8.70. The Morgan fingerprint density at radius 2 is 1.94 bits per heavy atom. The Bertz CT molecular complexity index is 505. The van der Waals surface area contributed by atoms with Gasteiger partial charge in [0.25, 0.3) is 0 Å². The van der Waals surface area contributed by atoms with E-state index in [1.165, 1.54) is 5.56 Å². The summed E-state index contributed by atoms with van der Waals surface area (Å²) in [6.07, 6.45) is 3.67. The minimum atomic E-state index is 0.262. The van der Waals surface area contributed by atoms with Crippen LogP contribution in [0, 0.1) is 6.92 Å². The third-order valence-corrected chi connectivity index (χ3v) is 3.11. The summed E-state index contributed by atoms with van der Waals surface area (Å²) in [6, 6.07) is 10.7. The normalized spacial score (nSPS) is 12.2. The van der Waals surface area contributed by atoms with Gasteiger partial charge in [0, 0.05) is 30.7 Å². The molecule has 2 aromatic rings. The van der Waals surface area contributed by atoms with E-state index in [0.717, 1.165) is 16.8 Å². The largest absolute Gasteiger partial charge is 0.378 e. The zero-order valence-electron chi connectivity index (χ0n) is 10.9. The number of nitrogens with one attached hydrogen (secondary N) is 1. The highest BCUT2D eigenvalue weighted by Crippen LogP contribution is 2.21. The Balaban J connectivity index is 2.11. The molecule has 94 valence electrons. The highest BCUT2D eigenvalue weighted by atomic mass is 14.9. The lowest BCUT2D eigenvalue weighted by Crippen LogP contribution is -2.08. The van der Waals surface area contributed by atoms with E-state index in [1.807, 2.05) is 12.3 Å². The molecule has 0 radical (unpaired) electrons. The van der Waals surface area contributed by atoms with E-state index in [9.17, 15) is 0 Å². The summed E-state index contributed by atoms with van der Waals surface area (Å²) in [6.45, 7) is 4.79. The van der Waals surface area contributed by atoms with Gasteiger partial charge in [-0.3, -0.25) is 4.98 Å². The molecule has 3 N–H and O–H groups in total. The number of hydrogen-bond donors (Lipinski definition) is 2. The number of benzene rings is 1. The molecule has 3 heteroatoms. The second-order valence-electron chi connectivity index (χ2n) is 4.50. The number of anilines is 1.